The van der Waals surface area contributed by atoms with Gasteiger partial charge in [0.2, 0.25) is 11.8 Å². The summed E-state index contributed by atoms with van der Waals surface area (Å²) < 4.78 is 13.9. The Morgan fingerprint density at radius 1 is 1.14 bits per heavy atom. The molecule has 0 saturated carbocycles. The third kappa shape index (κ3) is 5.85. The smallest absolute Gasteiger partial charge is 0.246 e. The lowest BCUT2D eigenvalue weighted by Crippen LogP contribution is -2.50. The highest BCUT2D eigenvalue weighted by Gasteiger charge is 2.21. The van der Waals surface area contributed by atoms with Crippen LogP contribution in [-0.2, 0) is 9.59 Å². The predicted octanol–water partition coefficient (Wildman–Crippen LogP) is 3.01. The Hall–Kier alpha value is -2.77. The Labute approximate surface area is 174 Å². The fraction of sp³-hybridized carbons (Fsp3) is 0.273. The van der Waals surface area contributed by atoms with Gasteiger partial charge >= 0.3 is 0 Å². The maximum atomic E-state index is 13.9. The van der Waals surface area contributed by atoms with Gasteiger partial charge in [-0.1, -0.05) is 24.3 Å². The molecule has 2 heterocycles. The fourth-order valence-corrected chi connectivity index (χ4v) is 4.02. The van der Waals surface area contributed by atoms with Gasteiger partial charge in [-0.2, -0.15) is 0 Å². The molecule has 0 radical (unpaired) electrons. The molecule has 152 valence electrons. The molecule has 1 aliphatic rings. The quantitative estimate of drug-likeness (QED) is 0.561. The van der Waals surface area contributed by atoms with E-state index in [9.17, 15) is 14.0 Å². The second-order valence-corrected chi connectivity index (χ2v) is 7.82. The van der Waals surface area contributed by atoms with Crippen molar-refractivity contribution in [3.8, 4) is 10.4 Å². The molecule has 1 fully saturated rings. The number of piperazine rings is 1. The van der Waals surface area contributed by atoms with Gasteiger partial charge < -0.3 is 10.2 Å². The Kier molecular flexibility index (Phi) is 7.32. The number of amides is 2. The van der Waals surface area contributed by atoms with Crippen molar-refractivity contribution in [2.45, 2.75) is 0 Å². The van der Waals surface area contributed by atoms with Gasteiger partial charge in [0.05, 0.1) is 6.54 Å². The number of carbonyl (C=O) groups excluding carboxylic acids is 2. The van der Waals surface area contributed by atoms with Gasteiger partial charge in [0.15, 0.2) is 0 Å². The summed E-state index contributed by atoms with van der Waals surface area (Å²) in [5.41, 5.74) is 0.566. The summed E-state index contributed by atoms with van der Waals surface area (Å²) in [6, 6.07) is 10.4. The summed E-state index contributed by atoms with van der Waals surface area (Å²) in [5.74, 6) is -0.341. The summed E-state index contributed by atoms with van der Waals surface area (Å²) >= 11 is 1.45. The van der Waals surface area contributed by atoms with E-state index in [0.717, 1.165) is 9.75 Å². The standard InChI is InChI=1S/C22H24FN3O2S/c1-2-11-24-21(27)16-25-12-14-26(15-13-25)22(28)10-8-17-7-9-20(29-17)18-5-3-4-6-19(18)23/h2-10H,1,11-16H2,(H,24,27). The largest absolute Gasteiger partial charge is 0.352 e. The molecule has 0 atom stereocenters. The maximum absolute atomic E-state index is 13.9. The van der Waals surface area contributed by atoms with Gasteiger partial charge in [0, 0.05) is 54.1 Å². The van der Waals surface area contributed by atoms with Crippen molar-refractivity contribution >= 4 is 29.2 Å². The number of rotatable bonds is 7. The molecule has 0 unspecified atom stereocenters. The lowest BCUT2D eigenvalue weighted by molar-refractivity contribution is -0.128. The zero-order valence-corrected chi connectivity index (χ0v) is 17.0. The highest BCUT2D eigenvalue weighted by molar-refractivity contribution is 7.16. The molecule has 2 aromatic rings. The lowest BCUT2D eigenvalue weighted by atomic mass is 10.2. The number of nitrogens with zero attached hydrogens (tertiary/aromatic N) is 2. The number of thiophene rings is 1. The van der Waals surface area contributed by atoms with Crippen LogP contribution in [0.1, 0.15) is 4.88 Å². The van der Waals surface area contributed by atoms with Crippen molar-refractivity contribution in [1.29, 1.82) is 0 Å². The van der Waals surface area contributed by atoms with Gasteiger partial charge in [0.1, 0.15) is 5.82 Å². The summed E-state index contributed by atoms with van der Waals surface area (Å²) in [5, 5.41) is 2.76. The number of benzene rings is 1. The summed E-state index contributed by atoms with van der Waals surface area (Å²) in [7, 11) is 0. The van der Waals surface area contributed by atoms with E-state index in [1.807, 2.05) is 17.0 Å². The lowest BCUT2D eigenvalue weighted by Gasteiger charge is -2.33. The number of hydrogen-bond donors (Lipinski definition) is 1. The molecule has 2 amide bonds. The van der Waals surface area contributed by atoms with Crippen LogP contribution in [0.4, 0.5) is 4.39 Å². The molecular weight excluding hydrogens is 389 g/mol. The van der Waals surface area contributed by atoms with E-state index in [-0.39, 0.29) is 17.6 Å². The van der Waals surface area contributed by atoms with Gasteiger partial charge in [0.25, 0.3) is 0 Å². The first-order valence-electron chi connectivity index (χ1n) is 9.48. The maximum Gasteiger partial charge on any atom is 0.246 e. The number of hydrogen-bond acceptors (Lipinski definition) is 4. The summed E-state index contributed by atoms with van der Waals surface area (Å²) in [4.78, 5) is 29.7. The van der Waals surface area contributed by atoms with Gasteiger partial charge in [-0.3, -0.25) is 14.5 Å². The monoisotopic (exact) mass is 413 g/mol. The first kappa shape index (κ1) is 21.0. The molecule has 1 aromatic carbocycles. The first-order valence-corrected chi connectivity index (χ1v) is 10.3. The van der Waals surface area contributed by atoms with Crippen molar-refractivity contribution in [1.82, 2.24) is 15.1 Å². The highest BCUT2D eigenvalue weighted by Crippen LogP contribution is 2.30. The van der Waals surface area contributed by atoms with Crippen molar-refractivity contribution in [3.63, 3.8) is 0 Å². The highest BCUT2D eigenvalue weighted by atomic mass is 32.1. The van der Waals surface area contributed by atoms with Crippen LogP contribution in [-0.4, -0.2) is 60.9 Å². The van der Waals surface area contributed by atoms with Crippen molar-refractivity contribution in [2.24, 2.45) is 0 Å². The van der Waals surface area contributed by atoms with Gasteiger partial charge in [-0.15, -0.1) is 17.9 Å². The zero-order valence-electron chi connectivity index (χ0n) is 16.1. The Morgan fingerprint density at radius 3 is 2.62 bits per heavy atom. The van der Waals surface area contributed by atoms with Crippen LogP contribution in [0.3, 0.4) is 0 Å². The Balaban J connectivity index is 1.50. The molecule has 0 spiro atoms. The first-order chi connectivity index (χ1) is 14.1. The van der Waals surface area contributed by atoms with Crippen LogP contribution in [0.2, 0.25) is 0 Å². The van der Waals surface area contributed by atoms with E-state index in [1.54, 1.807) is 41.3 Å². The fourth-order valence-electron chi connectivity index (χ4n) is 3.08. The molecule has 1 aliphatic heterocycles. The molecule has 7 heteroatoms. The van der Waals surface area contributed by atoms with Gasteiger partial charge in [-0.05, 0) is 24.3 Å². The van der Waals surface area contributed by atoms with E-state index in [1.165, 1.54) is 17.4 Å². The zero-order chi connectivity index (χ0) is 20.6. The second-order valence-electron chi connectivity index (χ2n) is 6.71. The average Bonchev–Trinajstić information content (AvgIpc) is 3.20. The van der Waals surface area contributed by atoms with Crippen LogP contribution in [0, 0.1) is 5.82 Å². The van der Waals surface area contributed by atoms with Crippen molar-refractivity contribution in [2.75, 3.05) is 39.3 Å². The van der Waals surface area contributed by atoms with E-state index >= 15 is 0 Å². The number of halogens is 1. The average molecular weight is 414 g/mol. The minimum Gasteiger partial charge on any atom is -0.352 e. The molecule has 1 saturated heterocycles. The molecule has 1 N–H and O–H groups in total. The molecule has 29 heavy (non-hydrogen) atoms. The van der Waals surface area contributed by atoms with Crippen molar-refractivity contribution in [3.05, 3.63) is 65.8 Å². The topological polar surface area (TPSA) is 52.7 Å². The predicted molar refractivity (Wildman–Crippen MR) is 115 cm³/mol. The van der Waals surface area contributed by atoms with E-state index < -0.39 is 0 Å². The van der Waals surface area contributed by atoms with Crippen LogP contribution in [0.5, 0.6) is 0 Å². The number of carbonyl (C=O) groups is 2. The van der Waals surface area contributed by atoms with Crippen LogP contribution in [0.15, 0.2) is 55.1 Å². The molecule has 5 nitrogen and oxygen atoms in total. The number of nitrogens with one attached hydrogen (secondary N) is 1. The third-order valence-corrected chi connectivity index (χ3v) is 5.73. The van der Waals surface area contributed by atoms with Crippen LogP contribution < -0.4 is 5.32 Å². The Morgan fingerprint density at radius 2 is 1.90 bits per heavy atom. The Bertz CT molecular complexity index is 901. The molecule has 0 bridgehead atoms. The van der Waals surface area contributed by atoms with Crippen LogP contribution in [0.25, 0.3) is 16.5 Å². The normalized spacial score (nSPS) is 14.9. The minimum absolute atomic E-state index is 0.0343. The van der Waals surface area contributed by atoms with E-state index in [4.69, 9.17) is 0 Å². The van der Waals surface area contributed by atoms with E-state index in [0.29, 0.717) is 44.8 Å². The second kappa shape index (κ2) is 10.1. The molecular formula is C22H24FN3O2S. The molecule has 3 rings (SSSR count). The SMILES string of the molecule is C=CCNC(=O)CN1CCN(C(=O)C=Cc2ccc(-c3ccccc3F)s2)CC1. The minimum atomic E-state index is -0.253. The van der Waals surface area contributed by atoms with Crippen LogP contribution >= 0.6 is 11.3 Å². The van der Waals surface area contributed by atoms with Crippen molar-refractivity contribution < 1.29 is 14.0 Å². The van der Waals surface area contributed by atoms with E-state index in [2.05, 4.69) is 11.9 Å². The summed E-state index contributed by atoms with van der Waals surface area (Å²) in [6.45, 7) is 6.87. The third-order valence-electron chi connectivity index (χ3n) is 4.65. The van der Waals surface area contributed by atoms with Gasteiger partial charge in [-0.25, -0.2) is 4.39 Å². The molecule has 1 aromatic heterocycles. The molecule has 0 aliphatic carbocycles. The summed E-state index contributed by atoms with van der Waals surface area (Å²) in [6.07, 6.45) is 4.98.